The van der Waals surface area contributed by atoms with E-state index >= 15 is 0 Å². The Bertz CT molecular complexity index is 584. The van der Waals surface area contributed by atoms with Crippen molar-refractivity contribution >= 4 is 10.9 Å². The average Bonchev–Trinajstić information content (AvgIpc) is 2.55. The Kier molecular flexibility index (Phi) is 4.84. The molecule has 0 amide bonds. The van der Waals surface area contributed by atoms with Gasteiger partial charge in [0.15, 0.2) is 0 Å². The second kappa shape index (κ2) is 7.01. The number of fused-ring (bicyclic) bond motifs is 1. The average molecular weight is 284 g/mol. The number of benzene rings is 1. The van der Waals surface area contributed by atoms with Gasteiger partial charge in [-0.1, -0.05) is 25.0 Å². The molecule has 1 aliphatic carbocycles. The van der Waals surface area contributed by atoms with Crippen LogP contribution in [0.25, 0.3) is 10.9 Å². The molecule has 2 aromatic rings. The van der Waals surface area contributed by atoms with Gasteiger partial charge < -0.3 is 10.4 Å². The van der Waals surface area contributed by atoms with Gasteiger partial charge >= 0.3 is 0 Å². The van der Waals surface area contributed by atoms with E-state index in [0.29, 0.717) is 18.4 Å². The maximum Gasteiger partial charge on any atom is 0.0702 e. The topological polar surface area (TPSA) is 45.1 Å². The van der Waals surface area contributed by atoms with Gasteiger partial charge in [-0.15, -0.1) is 0 Å². The van der Waals surface area contributed by atoms with Gasteiger partial charge in [0, 0.05) is 24.7 Å². The summed E-state index contributed by atoms with van der Waals surface area (Å²) in [6.07, 6.45) is 6.85. The number of rotatable bonds is 5. The third-order valence-corrected chi connectivity index (χ3v) is 4.70. The fourth-order valence-corrected chi connectivity index (χ4v) is 3.43. The zero-order valence-corrected chi connectivity index (χ0v) is 12.5. The number of aliphatic hydroxyl groups is 1. The van der Waals surface area contributed by atoms with Crippen LogP contribution in [0.5, 0.6) is 0 Å². The highest BCUT2D eigenvalue weighted by Crippen LogP contribution is 2.29. The summed E-state index contributed by atoms with van der Waals surface area (Å²) in [4.78, 5) is 4.35. The number of aliphatic hydroxyl groups excluding tert-OH is 1. The van der Waals surface area contributed by atoms with E-state index in [4.69, 9.17) is 0 Å². The molecule has 1 aromatic heterocycles. The molecule has 0 spiro atoms. The maximum absolute atomic E-state index is 9.46. The second-order valence-corrected chi connectivity index (χ2v) is 6.15. The number of hydrogen-bond donors (Lipinski definition) is 2. The highest BCUT2D eigenvalue weighted by molar-refractivity contribution is 5.78. The minimum Gasteiger partial charge on any atom is -0.396 e. The normalized spacial score (nSPS) is 22.5. The summed E-state index contributed by atoms with van der Waals surface area (Å²) in [5, 5.41) is 14.2. The molecule has 0 radical (unpaired) electrons. The maximum atomic E-state index is 9.46. The van der Waals surface area contributed by atoms with Crippen LogP contribution < -0.4 is 5.32 Å². The second-order valence-electron chi connectivity index (χ2n) is 6.15. The first-order chi connectivity index (χ1) is 10.4. The van der Waals surface area contributed by atoms with Crippen molar-refractivity contribution in [3.8, 4) is 0 Å². The van der Waals surface area contributed by atoms with Crippen LogP contribution in [0, 0.1) is 11.8 Å². The first-order valence-corrected chi connectivity index (χ1v) is 8.02. The summed E-state index contributed by atoms with van der Waals surface area (Å²) < 4.78 is 0. The van der Waals surface area contributed by atoms with Crippen molar-refractivity contribution in [1.29, 1.82) is 0 Å². The van der Waals surface area contributed by atoms with E-state index in [1.807, 2.05) is 12.3 Å². The van der Waals surface area contributed by atoms with Crippen LogP contribution in [-0.4, -0.2) is 23.2 Å². The quantitative estimate of drug-likeness (QED) is 0.886. The third kappa shape index (κ3) is 3.60. The van der Waals surface area contributed by atoms with Crippen LogP contribution in [0.15, 0.2) is 36.5 Å². The molecule has 0 aliphatic heterocycles. The minimum atomic E-state index is 0.341. The van der Waals surface area contributed by atoms with E-state index in [-0.39, 0.29) is 0 Å². The van der Waals surface area contributed by atoms with Gasteiger partial charge in [0.2, 0.25) is 0 Å². The molecular formula is C18H24N2O. The highest BCUT2D eigenvalue weighted by atomic mass is 16.3. The van der Waals surface area contributed by atoms with Crippen molar-refractivity contribution in [1.82, 2.24) is 10.3 Å². The summed E-state index contributed by atoms with van der Waals surface area (Å²) >= 11 is 0. The van der Waals surface area contributed by atoms with Gasteiger partial charge in [0.25, 0.3) is 0 Å². The lowest BCUT2D eigenvalue weighted by Gasteiger charge is -2.30. The van der Waals surface area contributed by atoms with E-state index < -0.39 is 0 Å². The molecular weight excluding hydrogens is 260 g/mol. The SMILES string of the molecule is OCC1CCCCC1CNCc1ccc2ncccc2c1. The van der Waals surface area contributed by atoms with Crippen LogP contribution in [0.4, 0.5) is 0 Å². The van der Waals surface area contributed by atoms with Crippen molar-refractivity contribution in [2.45, 2.75) is 32.2 Å². The smallest absolute Gasteiger partial charge is 0.0702 e. The Balaban J connectivity index is 1.56. The fraction of sp³-hybridized carbons (Fsp3) is 0.500. The predicted octanol–water partition coefficient (Wildman–Crippen LogP) is 3.12. The van der Waals surface area contributed by atoms with Gasteiger partial charge in [-0.2, -0.15) is 0 Å². The van der Waals surface area contributed by atoms with E-state index in [2.05, 4.69) is 34.6 Å². The number of hydrogen-bond acceptors (Lipinski definition) is 3. The summed E-state index contributed by atoms with van der Waals surface area (Å²) in [6.45, 7) is 2.24. The standard InChI is InChI=1S/C18H24N2O/c21-13-17-5-2-1-4-16(17)12-19-11-14-7-8-18-15(10-14)6-3-9-20-18/h3,6-10,16-17,19,21H,1-2,4-5,11-13H2. The largest absolute Gasteiger partial charge is 0.396 e. The molecule has 0 saturated heterocycles. The molecule has 2 atom stereocenters. The lowest BCUT2D eigenvalue weighted by Crippen LogP contribution is -2.32. The molecule has 112 valence electrons. The van der Waals surface area contributed by atoms with Crippen molar-refractivity contribution < 1.29 is 5.11 Å². The molecule has 21 heavy (non-hydrogen) atoms. The van der Waals surface area contributed by atoms with Crippen LogP contribution in [0.3, 0.4) is 0 Å². The van der Waals surface area contributed by atoms with E-state index in [9.17, 15) is 5.11 Å². The van der Waals surface area contributed by atoms with E-state index in [0.717, 1.165) is 18.6 Å². The minimum absolute atomic E-state index is 0.341. The number of nitrogens with zero attached hydrogens (tertiary/aromatic N) is 1. The molecule has 1 aliphatic rings. The monoisotopic (exact) mass is 284 g/mol. The fourth-order valence-electron chi connectivity index (χ4n) is 3.43. The molecule has 2 N–H and O–H groups in total. The Labute approximate surface area is 126 Å². The Hall–Kier alpha value is -1.45. The van der Waals surface area contributed by atoms with Gasteiger partial charge in [-0.3, -0.25) is 4.98 Å². The lowest BCUT2D eigenvalue weighted by atomic mass is 9.79. The van der Waals surface area contributed by atoms with Gasteiger partial charge in [-0.05, 0) is 55.0 Å². The van der Waals surface area contributed by atoms with Crippen molar-refractivity contribution in [3.63, 3.8) is 0 Å². The van der Waals surface area contributed by atoms with Crippen LogP contribution in [-0.2, 0) is 6.54 Å². The zero-order chi connectivity index (χ0) is 14.5. The van der Waals surface area contributed by atoms with Gasteiger partial charge in [0.1, 0.15) is 0 Å². The lowest BCUT2D eigenvalue weighted by molar-refractivity contribution is 0.133. The summed E-state index contributed by atoms with van der Waals surface area (Å²) in [6, 6.07) is 10.5. The number of aromatic nitrogens is 1. The van der Waals surface area contributed by atoms with Crippen LogP contribution >= 0.6 is 0 Å². The van der Waals surface area contributed by atoms with Gasteiger partial charge in [0.05, 0.1) is 5.52 Å². The highest BCUT2D eigenvalue weighted by Gasteiger charge is 2.23. The summed E-state index contributed by atoms with van der Waals surface area (Å²) in [5.74, 6) is 1.12. The molecule has 1 fully saturated rings. The first kappa shape index (κ1) is 14.5. The zero-order valence-electron chi connectivity index (χ0n) is 12.5. The Morgan fingerprint density at radius 1 is 1.14 bits per heavy atom. The van der Waals surface area contributed by atoms with Crippen LogP contribution in [0.2, 0.25) is 0 Å². The summed E-state index contributed by atoms with van der Waals surface area (Å²) in [7, 11) is 0. The van der Waals surface area contributed by atoms with Gasteiger partial charge in [-0.25, -0.2) is 0 Å². The number of pyridine rings is 1. The molecule has 0 bridgehead atoms. The molecule has 2 unspecified atom stereocenters. The summed E-state index contributed by atoms with van der Waals surface area (Å²) in [5.41, 5.74) is 2.35. The van der Waals surface area contributed by atoms with E-state index in [1.165, 1.54) is 36.6 Å². The molecule has 3 heteroatoms. The van der Waals surface area contributed by atoms with Crippen molar-refractivity contribution in [2.75, 3.05) is 13.2 Å². The molecule has 1 saturated carbocycles. The van der Waals surface area contributed by atoms with Crippen molar-refractivity contribution in [2.24, 2.45) is 11.8 Å². The third-order valence-electron chi connectivity index (χ3n) is 4.70. The first-order valence-electron chi connectivity index (χ1n) is 8.02. The molecule has 3 nitrogen and oxygen atoms in total. The van der Waals surface area contributed by atoms with Crippen molar-refractivity contribution in [3.05, 3.63) is 42.1 Å². The predicted molar refractivity (Wildman–Crippen MR) is 86.0 cm³/mol. The van der Waals surface area contributed by atoms with E-state index in [1.54, 1.807) is 0 Å². The molecule has 1 heterocycles. The Morgan fingerprint density at radius 2 is 2.00 bits per heavy atom. The number of nitrogens with one attached hydrogen (secondary N) is 1. The molecule has 3 rings (SSSR count). The van der Waals surface area contributed by atoms with Crippen LogP contribution in [0.1, 0.15) is 31.2 Å². The Morgan fingerprint density at radius 3 is 2.86 bits per heavy atom. The molecule has 1 aromatic carbocycles.